The summed E-state index contributed by atoms with van der Waals surface area (Å²) in [5.41, 5.74) is 0. The van der Waals surface area contributed by atoms with Crippen molar-refractivity contribution >= 4 is 5.97 Å². The summed E-state index contributed by atoms with van der Waals surface area (Å²) >= 11 is 0. The van der Waals surface area contributed by atoms with Crippen molar-refractivity contribution < 1.29 is 14.3 Å². The smallest absolute Gasteiger partial charge is 0.371 e. The van der Waals surface area contributed by atoms with Crippen LogP contribution in [0.2, 0.25) is 0 Å². The van der Waals surface area contributed by atoms with Crippen molar-refractivity contribution in [3.05, 3.63) is 23.7 Å². The molecule has 2 aliphatic rings. The van der Waals surface area contributed by atoms with Crippen molar-refractivity contribution in [2.24, 2.45) is 5.92 Å². The highest BCUT2D eigenvalue weighted by molar-refractivity contribution is 5.84. The number of fused-ring (bicyclic) bond motifs is 1. The number of carbonyl (C=O) groups is 1. The molecule has 2 fully saturated rings. The molecule has 2 atom stereocenters. The van der Waals surface area contributed by atoms with E-state index < -0.39 is 5.97 Å². The summed E-state index contributed by atoms with van der Waals surface area (Å²) in [6, 6.07) is 3.89. The zero-order valence-electron chi connectivity index (χ0n) is 10.3. The van der Waals surface area contributed by atoms with Gasteiger partial charge in [0.2, 0.25) is 5.76 Å². The van der Waals surface area contributed by atoms with Gasteiger partial charge in [-0.2, -0.15) is 0 Å². The van der Waals surface area contributed by atoms with E-state index in [2.05, 4.69) is 10.2 Å². The molecule has 0 aliphatic carbocycles. The third-order valence-electron chi connectivity index (χ3n) is 3.93. The number of rotatable bonds is 3. The van der Waals surface area contributed by atoms with Crippen LogP contribution in [0.25, 0.3) is 0 Å². The van der Waals surface area contributed by atoms with Gasteiger partial charge < -0.3 is 14.8 Å². The highest BCUT2D eigenvalue weighted by atomic mass is 16.4. The van der Waals surface area contributed by atoms with Gasteiger partial charge in [-0.15, -0.1) is 0 Å². The fourth-order valence-corrected chi connectivity index (χ4v) is 3.06. The molecule has 3 rings (SSSR count). The Morgan fingerprint density at radius 3 is 3.11 bits per heavy atom. The fourth-order valence-electron chi connectivity index (χ4n) is 3.06. The maximum Gasteiger partial charge on any atom is 0.371 e. The second-order valence-corrected chi connectivity index (χ2v) is 5.23. The number of hydrogen-bond donors (Lipinski definition) is 2. The lowest BCUT2D eigenvalue weighted by Crippen LogP contribution is -2.40. The van der Waals surface area contributed by atoms with Crippen LogP contribution >= 0.6 is 0 Å². The van der Waals surface area contributed by atoms with E-state index >= 15 is 0 Å². The average molecular weight is 250 g/mol. The molecule has 98 valence electrons. The molecule has 3 heterocycles. The SMILES string of the molecule is O=C(O)c1ccc(CN2CC3CCCNC3C2)o1. The van der Waals surface area contributed by atoms with Gasteiger partial charge in [-0.05, 0) is 37.4 Å². The zero-order valence-corrected chi connectivity index (χ0v) is 10.3. The normalized spacial score (nSPS) is 28.2. The molecule has 2 unspecified atom stereocenters. The highest BCUT2D eigenvalue weighted by Gasteiger charge is 2.34. The molecule has 2 saturated heterocycles. The number of carboxylic acid groups (broad SMARTS) is 1. The lowest BCUT2D eigenvalue weighted by atomic mass is 9.94. The van der Waals surface area contributed by atoms with Crippen molar-refractivity contribution in [3.8, 4) is 0 Å². The predicted octanol–water partition coefficient (Wildman–Crippen LogP) is 1.16. The van der Waals surface area contributed by atoms with Crippen LogP contribution in [0.1, 0.15) is 29.2 Å². The number of likely N-dealkylation sites (tertiary alicyclic amines) is 1. The minimum atomic E-state index is -1.00. The Labute approximate surface area is 106 Å². The van der Waals surface area contributed by atoms with Gasteiger partial charge in [-0.1, -0.05) is 0 Å². The lowest BCUT2D eigenvalue weighted by Gasteiger charge is -2.24. The van der Waals surface area contributed by atoms with Crippen molar-refractivity contribution in [1.29, 1.82) is 0 Å². The summed E-state index contributed by atoms with van der Waals surface area (Å²) in [4.78, 5) is 13.1. The number of furan rings is 1. The lowest BCUT2D eigenvalue weighted by molar-refractivity contribution is 0.0658. The minimum Gasteiger partial charge on any atom is -0.475 e. The molecule has 0 bridgehead atoms. The topological polar surface area (TPSA) is 65.7 Å². The molecule has 0 amide bonds. The molecule has 1 aromatic heterocycles. The van der Waals surface area contributed by atoms with Crippen LogP contribution in [0.4, 0.5) is 0 Å². The Balaban J connectivity index is 1.61. The summed E-state index contributed by atoms with van der Waals surface area (Å²) in [7, 11) is 0. The van der Waals surface area contributed by atoms with E-state index in [4.69, 9.17) is 9.52 Å². The summed E-state index contributed by atoms with van der Waals surface area (Å²) < 4.78 is 5.30. The molecule has 0 radical (unpaired) electrons. The van der Waals surface area contributed by atoms with Gasteiger partial charge in [0.15, 0.2) is 0 Å². The van der Waals surface area contributed by atoms with Gasteiger partial charge in [0, 0.05) is 19.1 Å². The van der Waals surface area contributed by atoms with Crippen LogP contribution in [-0.2, 0) is 6.54 Å². The van der Waals surface area contributed by atoms with Crippen LogP contribution < -0.4 is 5.32 Å². The van der Waals surface area contributed by atoms with Crippen LogP contribution in [-0.4, -0.2) is 41.7 Å². The number of aromatic carboxylic acids is 1. The molecule has 0 spiro atoms. The second-order valence-electron chi connectivity index (χ2n) is 5.23. The Hall–Kier alpha value is -1.33. The predicted molar refractivity (Wildman–Crippen MR) is 65.5 cm³/mol. The third kappa shape index (κ3) is 2.28. The Bertz CT molecular complexity index is 429. The maximum absolute atomic E-state index is 10.7. The van der Waals surface area contributed by atoms with E-state index in [1.165, 1.54) is 18.9 Å². The zero-order chi connectivity index (χ0) is 12.5. The number of hydrogen-bond acceptors (Lipinski definition) is 4. The highest BCUT2D eigenvalue weighted by Crippen LogP contribution is 2.26. The molecule has 18 heavy (non-hydrogen) atoms. The van der Waals surface area contributed by atoms with Gasteiger partial charge in [0.1, 0.15) is 5.76 Å². The van der Waals surface area contributed by atoms with Crippen molar-refractivity contribution in [2.45, 2.75) is 25.4 Å². The van der Waals surface area contributed by atoms with E-state index in [9.17, 15) is 4.79 Å². The minimum absolute atomic E-state index is 0.0275. The van der Waals surface area contributed by atoms with E-state index in [0.717, 1.165) is 31.3 Å². The van der Waals surface area contributed by atoms with E-state index in [1.807, 2.05) is 0 Å². The van der Waals surface area contributed by atoms with Gasteiger partial charge >= 0.3 is 5.97 Å². The summed E-state index contributed by atoms with van der Waals surface area (Å²) in [5.74, 6) is 0.511. The number of nitrogens with one attached hydrogen (secondary N) is 1. The van der Waals surface area contributed by atoms with Crippen molar-refractivity contribution in [3.63, 3.8) is 0 Å². The fraction of sp³-hybridized carbons (Fsp3) is 0.615. The van der Waals surface area contributed by atoms with Gasteiger partial charge in [-0.25, -0.2) is 4.79 Å². The number of nitrogens with zero attached hydrogens (tertiary/aromatic N) is 1. The van der Waals surface area contributed by atoms with Crippen molar-refractivity contribution in [2.75, 3.05) is 19.6 Å². The maximum atomic E-state index is 10.7. The van der Waals surface area contributed by atoms with E-state index in [-0.39, 0.29) is 5.76 Å². The van der Waals surface area contributed by atoms with Crippen LogP contribution in [0.15, 0.2) is 16.5 Å². The quantitative estimate of drug-likeness (QED) is 0.842. The third-order valence-corrected chi connectivity index (χ3v) is 3.93. The van der Waals surface area contributed by atoms with Gasteiger partial charge in [0.25, 0.3) is 0 Å². The standard InChI is InChI=1S/C13H18N2O3/c16-13(17)12-4-3-10(18-12)7-15-6-9-2-1-5-14-11(9)8-15/h3-4,9,11,14H,1-2,5-8H2,(H,16,17). The first-order chi connectivity index (χ1) is 8.72. The molecule has 2 N–H and O–H groups in total. The molecule has 0 saturated carbocycles. The van der Waals surface area contributed by atoms with Gasteiger partial charge in [-0.3, -0.25) is 4.90 Å². The number of piperidine rings is 1. The number of carboxylic acids is 1. The first-order valence-corrected chi connectivity index (χ1v) is 6.50. The van der Waals surface area contributed by atoms with E-state index in [0.29, 0.717) is 12.6 Å². The second kappa shape index (κ2) is 4.74. The van der Waals surface area contributed by atoms with Crippen LogP contribution in [0.3, 0.4) is 0 Å². The van der Waals surface area contributed by atoms with Crippen LogP contribution in [0.5, 0.6) is 0 Å². The van der Waals surface area contributed by atoms with Crippen LogP contribution in [0, 0.1) is 5.92 Å². The van der Waals surface area contributed by atoms with Gasteiger partial charge in [0.05, 0.1) is 6.54 Å². The summed E-state index contributed by atoms with van der Waals surface area (Å²) in [6.07, 6.45) is 2.56. The van der Waals surface area contributed by atoms with E-state index in [1.54, 1.807) is 6.07 Å². The molecule has 2 aliphatic heterocycles. The molecule has 5 heteroatoms. The largest absolute Gasteiger partial charge is 0.475 e. The summed E-state index contributed by atoms with van der Waals surface area (Å²) in [5, 5.41) is 12.4. The van der Waals surface area contributed by atoms with Crippen molar-refractivity contribution in [1.82, 2.24) is 10.2 Å². The monoisotopic (exact) mass is 250 g/mol. The molecule has 5 nitrogen and oxygen atoms in total. The molecular weight excluding hydrogens is 232 g/mol. The Morgan fingerprint density at radius 1 is 1.50 bits per heavy atom. The summed E-state index contributed by atoms with van der Waals surface area (Å²) in [6.45, 7) is 3.95. The Kier molecular flexibility index (Phi) is 3.09. The average Bonchev–Trinajstić information content (AvgIpc) is 2.94. The first kappa shape index (κ1) is 11.7. The molecule has 1 aromatic rings. The first-order valence-electron chi connectivity index (χ1n) is 6.50. The Morgan fingerprint density at radius 2 is 2.39 bits per heavy atom. The molecule has 0 aromatic carbocycles. The molecular formula is C13H18N2O3.